The van der Waals surface area contributed by atoms with Crippen LogP contribution in [0.3, 0.4) is 0 Å². The minimum atomic E-state index is -0.334. The number of anilines is 1. The van der Waals surface area contributed by atoms with Gasteiger partial charge in [0.25, 0.3) is 11.2 Å². The van der Waals surface area contributed by atoms with Gasteiger partial charge in [0.2, 0.25) is 0 Å². The molecule has 5 rings (SSSR count). The van der Waals surface area contributed by atoms with E-state index < -0.39 is 0 Å². The van der Waals surface area contributed by atoms with Crippen molar-refractivity contribution in [3.8, 4) is 11.3 Å². The lowest BCUT2D eigenvalue weighted by atomic mass is 10.2. The molecule has 162 valence electrons. The highest BCUT2D eigenvalue weighted by Crippen LogP contribution is 2.28. The summed E-state index contributed by atoms with van der Waals surface area (Å²) in [7, 11) is 0. The van der Waals surface area contributed by atoms with Crippen LogP contribution in [0.2, 0.25) is 0 Å². The molecule has 4 aromatic rings. The molecular weight excluding hydrogens is 426 g/mol. The zero-order valence-corrected chi connectivity index (χ0v) is 18.1. The van der Waals surface area contributed by atoms with E-state index in [1.807, 2.05) is 46.7 Å². The standard InChI is InChI=1S/C23H21N5O3S/c29-22-14-18(24-23-27(22)21(16-32-23)17-6-2-1-3-7-17)15-25-10-12-26(13-11-25)19-8-4-5-9-20(19)28(30)31/h1-9,14,16H,10-13,15H2. The number of hydrogen-bond acceptors (Lipinski definition) is 7. The molecular formula is C23H21N5O3S. The normalized spacial score (nSPS) is 14.7. The Kier molecular flexibility index (Phi) is 5.42. The summed E-state index contributed by atoms with van der Waals surface area (Å²) in [4.78, 5) is 33.6. The van der Waals surface area contributed by atoms with Crippen molar-refractivity contribution in [1.29, 1.82) is 0 Å². The van der Waals surface area contributed by atoms with Crippen LogP contribution in [-0.4, -0.2) is 45.4 Å². The van der Waals surface area contributed by atoms with Gasteiger partial charge >= 0.3 is 0 Å². The van der Waals surface area contributed by atoms with Gasteiger partial charge in [0.1, 0.15) is 5.69 Å². The molecule has 0 radical (unpaired) electrons. The Morgan fingerprint density at radius 2 is 1.72 bits per heavy atom. The van der Waals surface area contributed by atoms with Crippen LogP contribution in [0.5, 0.6) is 0 Å². The van der Waals surface area contributed by atoms with E-state index in [4.69, 9.17) is 4.98 Å². The monoisotopic (exact) mass is 447 g/mol. The Balaban J connectivity index is 1.31. The summed E-state index contributed by atoms with van der Waals surface area (Å²) < 4.78 is 1.66. The Morgan fingerprint density at radius 3 is 2.47 bits per heavy atom. The third kappa shape index (κ3) is 3.88. The van der Waals surface area contributed by atoms with Crippen LogP contribution in [-0.2, 0) is 6.54 Å². The van der Waals surface area contributed by atoms with Crippen molar-refractivity contribution in [3.63, 3.8) is 0 Å². The first-order chi connectivity index (χ1) is 15.6. The molecule has 0 N–H and O–H groups in total. The average molecular weight is 448 g/mol. The van der Waals surface area contributed by atoms with Gasteiger partial charge in [0.15, 0.2) is 4.96 Å². The molecule has 0 amide bonds. The number of nitro benzene ring substituents is 1. The van der Waals surface area contributed by atoms with Crippen molar-refractivity contribution < 1.29 is 4.92 Å². The number of fused-ring (bicyclic) bond motifs is 1. The van der Waals surface area contributed by atoms with E-state index in [2.05, 4.69) is 4.90 Å². The van der Waals surface area contributed by atoms with E-state index in [-0.39, 0.29) is 16.2 Å². The van der Waals surface area contributed by atoms with Crippen LogP contribution in [0.1, 0.15) is 5.69 Å². The van der Waals surface area contributed by atoms with Crippen LogP contribution in [0, 0.1) is 10.1 Å². The highest BCUT2D eigenvalue weighted by Gasteiger charge is 2.23. The predicted molar refractivity (Wildman–Crippen MR) is 125 cm³/mol. The molecule has 3 heterocycles. The van der Waals surface area contributed by atoms with Crippen LogP contribution < -0.4 is 10.5 Å². The number of benzene rings is 2. The smallest absolute Gasteiger partial charge is 0.292 e. The minimum absolute atomic E-state index is 0.0800. The lowest BCUT2D eigenvalue weighted by molar-refractivity contribution is -0.384. The number of rotatable bonds is 5. The summed E-state index contributed by atoms with van der Waals surface area (Å²) in [5.41, 5.74) is 3.29. The van der Waals surface area contributed by atoms with Gasteiger partial charge in [-0.1, -0.05) is 42.5 Å². The topological polar surface area (TPSA) is 84.0 Å². The summed E-state index contributed by atoms with van der Waals surface area (Å²) in [5.74, 6) is 0. The number of thiazole rings is 1. The first kappa shape index (κ1) is 20.3. The molecule has 0 unspecified atom stereocenters. The maximum Gasteiger partial charge on any atom is 0.292 e. The molecule has 2 aromatic carbocycles. The van der Waals surface area contributed by atoms with Crippen molar-refractivity contribution in [2.75, 3.05) is 31.1 Å². The Labute approximate surface area is 188 Å². The van der Waals surface area contributed by atoms with Gasteiger partial charge in [0.05, 0.1) is 16.3 Å². The largest absolute Gasteiger partial charge is 0.363 e. The Bertz CT molecular complexity index is 1330. The number of nitro groups is 1. The molecule has 0 aliphatic carbocycles. The summed E-state index contributed by atoms with van der Waals surface area (Å²) >= 11 is 1.46. The van der Waals surface area contributed by atoms with E-state index in [1.54, 1.807) is 28.7 Å². The van der Waals surface area contributed by atoms with E-state index >= 15 is 0 Å². The van der Waals surface area contributed by atoms with E-state index in [0.29, 0.717) is 30.3 Å². The summed E-state index contributed by atoms with van der Waals surface area (Å²) in [6, 6.07) is 18.3. The van der Waals surface area contributed by atoms with Gasteiger partial charge in [-0.2, -0.15) is 0 Å². The minimum Gasteiger partial charge on any atom is -0.363 e. The lowest BCUT2D eigenvalue weighted by Crippen LogP contribution is -2.46. The Morgan fingerprint density at radius 1 is 1.00 bits per heavy atom. The van der Waals surface area contributed by atoms with E-state index in [1.165, 1.54) is 11.3 Å². The van der Waals surface area contributed by atoms with Crippen LogP contribution in [0.25, 0.3) is 16.2 Å². The molecule has 1 aliphatic heterocycles. The van der Waals surface area contributed by atoms with Gasteiger partial charge < -0.3 is 4.90 Å². The van der Waals surface area contributed by atoms with Crippen molar-refractivity contribution in [1.82, 2.24) is 14.3 Å². The van der Waals surface area contributed by atoms with Crippen molar-refractivity contribution in [3.05, 3.63) is 92.2 Å². The van der Waals surface area contributed by atoms with Gasteiger partial charge in [-0.15, -0.1) is 11.3 Å². The fourth-order valence-electron chi connectivity index (χ4n) is 4.12. The molecule has 8 nitrogen and oxygen atoms in total. The second-order valence-electron chi connectivity index (χ2n) is 7.70. The molecule has 2 aromatic heterocycles. The second-order valence-corrected chi connectivity index (χ2v) is 8.54. The molecule has 1 fully saturated rings. The van der Waals surface area contributed by atoms with Gasteiger partial charge in [-0.05, 0) is 11.6 Å². The SMILES string of the molecule is O=c1cc(CN2CCN(c3ccccc3[N+](=O)[O-])CC2)nc2scc(-c3ccccc3)n12. The zero-order valence-electron chi connectivity index (χ0n) is 17.3. The molecule has 0 atom stereocenters. The van der Waals surface area contributed by atoms with Crippen molar-refractivity contribution >= 4 is 27.7 Å². The number of nitrogens with zero attached hydrogens (tertiary/aromatic N) is 5. The number of hydrogen-bond donors (Lipinski definition) is 0. The van der Waals surface area contributed by atoms with Gasteiger partial charge in [-0.3, -0.25) is 24.2 Å². The van der Waals surface area contributed by atoms with Crippen LogP contribution in [0.15, 0.2) is 70.8 Å². The quantitative estimate of drug-likeness (QED) is 0.343. The molecule has 1 aliphatic rings. The fraction of sp³-hybridized carbons (Fsp3) is 0.217. The fourth-order valence-corrected chi connectivity index (χ4v) is 5.04. The first-order valence-electron chi connectivity index (χ1n) is 10.4. The molecule has 32 heavy (non-hydrogen) atoms. The summed E-state index contributed by atoms with van der Waals surface area (Å²) in [6.45, 7) is 3.43. The van der Waals surface area contributed by atoms with Crippen molar-refractivity contribution in [2.24, 2.45) is 0 Å². The summed E-state index contributed by atoms with van der Waals surface area (Å²) in [6.07, 6.45) is 0. The molecule has 0 spiro atoms. The highest BCUT2D eigenvalue weighted by molar-refractivity contribution is 7.15. The second kappa shape index (κ2) is 8.52. The third-order valence-electron chi connectivity index (χ3n) is 5.70. The zero-order chi connectivity index (χ0) is 22.1. The first-order valence-corrected chi connectivity index (χ1v) is 11.2. The van der Waals surface area contributed by atoms with Gasteiger partial charge in [-0.25, -0.2) is 4.98 Å². The van der Waals surface area contributed by atoms with Gasteiger partial charge in [0, 0.05) is 50.2 Å². The summed E-state index contributed by atoms with van der Waals surface area (Å²) in [5, 5.41) is 13.3. The van der Waals surface area contributed by atoms with E-state index in [0.717, 1.165) is 30.0 Å². The molecule has 1 saturated heterocycles. The average Bonchev–Trinajstić information content (AvgIpc) is 3.25. The Hall–Kier alpha value is -3.56. The number of piperazine rings is 1. The highest BCUT2D eigenvalue weighted by atomic mass is 32.1. The predicted octanol–water partition coefficient (Wildman–Crippen LogP) is 3.65. The third-order valence-corrected chi connectivity index (χ3v) is 6.53. The van der Waals surface area contributed by atoms with E-state index in [9.17, 15) is 14.9 Å². The molecule has 9 heteroatoms. The maximum absolute atomic E-state index is 12.9. The van der Waals surface area contributed by atoms with Crippen molar-refractivity contribution in [2.45, 2.75) is 6.54 Å². The number of para-hydroxylation sites is 2. The number of aromatic nitrogens is 2. The maximum atomic E-state index is 12.9. The van der Waals surface area contributed by atoms with Crippen LogP contribution in [0.4, 0.5) is 11.4 Å². The molecule has 0 bridgehead atoms. The lowest BCUT2D eigenvalue weighted by Gasteiger charge is -2.35. The van der Waals surface area contributed by atoms with Crippen LogP contribution >= 0.6 is 11.3 Å². The molecule has 0 saturated carbocycles.